The highest BCUT2D eigenvalue weighted by molar-refractivity contribution is 5.05. The summed E-state index contributed by atoms with van der Waals surface area (Å²) in [6.45, 7) is 2.10. The summed E-state index contributed by atoms with van der Waals surface area (Å²) in [5, 5.41) is 0. The molecule has 0 spiro atoms. The summed E-state index contributed by atoms with van der Waals surface area (Å²) in [5.74, 6) is 1.20. The van der Waals surface area contributed by atoms with E-state index in [0.29, 0.717) is 11.8 Å². The number of fused-ring (bicyclic) bond motifs is 1. The molecule has 0 unspecified atom stereocenters. The normalized spacial score (nSPS) is 51.6. The minimum Gasteiger partial charge on any atom is -0.210 e. The van der Waals surface area contributed by atoms with Gasteiger partial charge < -0.3 is 0 Å². The highest BCUT2D eigenvalue weighted by Gasteiger charge is 2.59. The average Bonchev–Trinajstić information content (AvgIpc) is 2.16. The second-order valence-electron chi connectivity index (χ2n) is 4.01. The minimum absolute atomic E-state index is 0.524. The van der Waals surface area contributed by atoms with Crippen LogP contribution in [0.3, 0.4) is 0 Å². The zero-order valence-electron chi connectivity index (χ0n) is 6.11. The van der Waals surface area contributed by atoms with Crippen LogP contribution in [0.2, 0.25) is 0 Å². The standard InChI is InChI=1S/C8H12F2/c1-5-2-8(7(9)10)3-6(5)4-8/h5-7H,2-4H2,1H3/t5-,6?,8?/m1/s1. The molecule has 3 aliphatic carbocycles. The van der Waals surface area contributed by atoms with E-state index < -0.39 is 11.8 Å². The average molecular weight is 146 g/mol. The number of alkyl halides is 2. The smallest absolute Gasteiger partial charge is 0.210 e. The van der Waals surface area contributed by atoms with Gasteiger partial charge >= 0.3 is 0 Å². The van der Waals surface area contributed by atoms with Crippen molar-refractivity contribution < 1.29 is 8.78 Å². The van der Waals surface area contributed by atoms with E-state index in [0.717, 1.165) is 19.3 Å². The minimum atomic E-state index is -2.06. The van der Waals surface area contributed by atoms with Gasteiger partial charge in [0.2, 0.25) is 6.43 Å². The third-order valence-electron chi connectivity index (χ3n) is 3.33. The first-order valence-electron chi connectivity index (χ1n) is 3.92. The lowest BCUT2D eigenvalue weighted by Gasteiger charge is -2.37. The fourth-order valence-corrected chi connectivity index (χ4v) is 2.63. The summed E-state index contributed by atoms with van der Waals surface area (Å²) in [5.41, 5.74) is -0.524. The Morgan fingerprint density at radius 2 is 1.90 bits per heavy atom. The molecule has 3 aliphatic rings. The molecule has 3 rings (SSSR count). The van der Waals surface area contributed by atoms with Gasteiger partial charge in [0.15, 0.2) is 0 Å². The zero-order valence-corrected chi connectivity index (χ0v) is 6.11. The highest BCUT2D eigenvalue weighted by atomic mass is 19.3. The maximum Gasteiger partial charge on any atom is 0.244 e. The van der Waals surface area contributed by atoms with Gasteiger partial charge in [-0.15, -0.1) is 0 Å². The molecule has 0 aromatic heterocycles. The molecular formula is C8H12F2. The molecule has 2 bridgehead atoms. The Labute approximate surface area is 59.6 Å². The molecule has 0 N–H and O–H groups in total. The van der Waals surface area contributed by atoms with Crippen molar-refractivity contribution in [3.05, 3.63) is 0 Å². The molecule has 1 atom stereocenters. The van der Waals surface area contributed by atoms with Crippen molar-refractivity contribution in [2.75, 3.05) is 0 Å². The van der Waals surface area contributed by atoms with Crippen LogP contribution in [0.25, 0.3) is 0 Å². The van der Waals surface area contributed by atoms with Crippen molar-refractivity contribution >= 4 is 0 Å². The Balaban J connectivity index is 2.11. The van der Waals surface area contributed by atoms with Gasteiger partial charge in [0.1, 0.15) is 0 Å². The zero-order chi connectivity index (χ0) is 7.35. The maximum absolute atomic E-state index is 12.3. The van der Waals surface area contributed by atoms with Crippen LogP contribution in [0.5, 0.6) is 0 Å². The van der Waals surface area contributed by atoms with Gasteiger partial charge in [-0.2, -0.15) is 0 Å². The van der Waals surface area contributed by atoms with Gasteiger partial charge in [-0.1, -0.05) is 6.92 Å². The van der Waals surface area contributed by atoms with E-state index in [9.17, 15) is 8.78 Å². The summed E-state index contributed by atoms with van der Waals surface area (Å²) in [7, 11) is 0. The number of halogens is 2. The molecule has 0 amide bonds. The van der Waals surface area contributed by atoms with Crippen LogP contribution in [0.4, 0.5) is 8.78 Å². The molecule has 0 radical (unpaired) electrons. The van der Waals surface area contributed by atoms with Gasteiger partial charge in [0.25, 0.3) is 0 Å². The molecule has 10 heavy (non-hydrogen) atoms. The predicted molar refractivity (Wildman–Crippen MR) is 34.9 cm³/mol. The van der Waals surface area contributed by atoms with Crippen LogP contribution >= 0.6 is 0 Å². The van der Waals surface area contributed by atoms with E-state index in [1.165, 1.54) is 0 Å². The third-order valence-corrected chi connectivity index (χ3v) is 3.33. The summed E-state index contributed by atoms with van der Waals surface area (Å²) >= 11 is 0. The maximum atomic E-state index is 12.3. The number of hydrogen-bond donors (Lipinski definition) is 0. The fourth-order valence-electron chi connectivity index (χ4n) is 2.63. The second-order valence-corrected chi connectivity index (χ2v) is 4.01. The monoisotopic (exact) mass is 146 g/mol. The molecule has 0 heterocycles. The topological polar surface area (TPSA) is 0 Å². The lowest BCUT2D eigenvalue weighted by atomic mass is 9.70. The van der Waals surface area contributed by atoms with E-state index in [2.05, 4.69) is 6.92 Å². The lowest BCUT2D eigenvalue weighted by molar-refractivity contribution is -0.0502. The van der Waals surface area contributed by atoms with Crippen molar-refractivity contribution in [1.29, 1.82) is 0 Å². The fraction of sp³-hybridized carbons (Fsp3) is 1.00. The van der Waals surface area contributed by atoms with E-state index in [1.807, 2.05) is 0 Å². The summed E-state index contributed by atoms with van der Waals surface area (Å²) in [4.78, 5) is 0. The van der Waals surface area contributed by atoms with Crippen LogP contribution in [0.15, 0.2) is 0 Å². The van der Waals surface area contributed by atoms with Crippen molar-refractivity contribution in [2.24, 2.45) is 17.3 Å². The highest BCUT2D eigenvalue weighted by Crippen LogP contribution is 2.64. The second kappa shape index (κ2) is 1.72. The Morgan fingerprint density at radius 1 is 1.30 bits per heavy atom. The predicted octanol–water partition coefficient (Wildman–Crippen LogP) is 2.69. The van der Waals surface area contributed by atoms with Crippen LogP contribution in [-0.2, 0) is 0 Å². The van der Waals surface area contributed by atoms with Gasteiger partial charge in [-0.3, -0.25) is 0 Å². The Kier molecular flexibility index (Phi) is 1.13. The molecule has 0 aromatic rings. The van der Waals surface area contributed by atoms with Crippen LogP contribution in [-0.4, -0.2) is 6.43 Å². The van der Waals surface area contributed by atoms with Crippen molar-refractivity contribution in [3.63, 3.8) is 0 Å². The summed E-state index contributed by atoms with van der Waals surface area (Å²) in [6, 6.07) is 0. The first kappa shape index (κ1) is 6.56. The molecule has 58 valence electrons. The molecule has 0 aliphatic heterocycles. The summed E-state index contributed by atoms with van der Waals surface area (Å²) in [6.07, 6.45) is 0.307. The SMILES string of the molecule is C[C@@H]1CC2(C(F)F)CC1C2. The van der Waals surface area contributed by atoms with Crippen LogP contribution < -0.4 is 0 Å². The van der Waals surface area contributed by atoms with E-state index in [-0.39, 0.29) is 0 Å². The molecule has 0 saturated heterocycles. The number of hydrogen-bond acceptors (Lipinski definition) is 0. The Bertz CT molecular complexity index is 147. The third kappa shape index (κ3) is 0.599. The van der Waals surface area contributed by atoms with Crippen molar-refractivity contribution in [1.82, 2.24) is 0 Å². The van der Waals surface area contributed by atoms with E-state index >= 15 is 0 Å². The molecule has 3 fully saturated rings. The van der Waals surface area contributed by atoms with Gasteiger partial charge in [0, 0.05) is 5.41 Å². The van der Waals surface area contributed by atoms with Gasteiger partial charge in [-0.25, -0.2) is 8.78 Å². The quantitative estimate of drug-likeness (QED) is 0.533. The molecule has 3 saturated carbocycles. The first-order valence-corrected chi connectivity index (χ1v) is 3.92. The van der Waals surface area contributed by atoms with E-state index in [1.54, 1.807) is 0 Å². The molecule has 0 aromatic carbocycles. The Morgan fingerprint density at radius 3 is 2.10 bits per heavy atom. The van der Waals surface area contributed by atoms with Gasteiger partial charge in [-0.05, 0) is 31.1 Å². The Hall–Kier alpha value is -0.140. The van der Waals surface area contributed by atoms with Crippen LogP contribution in [0, 0.1) is 17.3 Å². The van der Waals surface area contributed by atoms with Crippen LogP contribution in [0.1, 0.15) is 26.2 Å². The van der Waals surface area contributed by atoms with Crippen molar-refractivity contribution in [3.8, 4) is 0 Å². The molecular weight excluding hydrogens is 134 g/mol. The molecule has 0 nitrogen and oxygen atoms in total. The van der Waals surface area contributed by atoms with Crippen molar-refractivity contribution in [2.45, 2.75) is 32.6 Å². The first-order chi connectivity index (χ1) is 4.64. The largest absolute Gasteiger partial charge is 0.244 e. The number of rotatable bonds is 1. The summed E-state index contributed by atoms with van der Waals surface area (Å²) < 4.78 is 24.7. The lowest BCUT2D eigenvalue weighted by Crippen LogP contribution is -2.34. The van der Waals surface area contributed by atoms with Gasteiger partial charge in [0.05, 0.1) is 0 Å². The molecule has 2 heteroatoms. The van der Waals surface area contributed by atoms with E-state index in [4.69, 9.17) is 0 Å².